The number of aliphatic imine (C=N–C) groups is 2. The van der Waals surface area contributed by atoms with Crippen molar-refractivity contribution in [3.05, 3.63) is 11.4 Å². The predicted molar refractivity (Wildman–Crippen MR) is 46.3 cm³/mol. The molecule has 64 valence electrons. The van der Waals surface area contributed by atoms with Gasteiger partial charge in [0, 0.05) is 11.8 Å². The maximum Gasteiger partial charge on any atom is 0.196 e. The Kier molecular flexibility index (Phi) is 1.47. The third-order valence-electron chi connectivity index (χ3n) is 1.76. The number of fused-ring (bicyclic) bond motifs is 1. The number of guanidine groups is 1. The molecule has 2 rings (SSSR count). The van der Waals surface area contributed by atoms with Crippen LogP contribution >= 0.6 is 0 Å². The maximum absolute atomic E-state index is 5.62. The first kappa shape index (κ1) is 7.11. The molecule has 0 saturated heterocycles. The van der Waals surface area contributed by atoms with Gasteiger partial charge in [0.1, 0.15) is 12.0 Å². The third kappa shape index (κ3) is 1.02. The second-order valence-corrected chi connectivity index (χ2v) is 2.59. The monoisotopic (exact) mass is 166 g/mol. The molecule has 0 spiro atoms. The average molecular weight is 166 g/mol. The summed E-state index contributed by atoms with van der Waals surface area (Å²) < 4.78 is 0. The minimum atomic E-state index is -0.0417. The van der Waals surface area contributed by atoms with E-state index in [-0.39, 0.29) is 6.17 Å². The summed E-state index contributed by atoms with van der Waals surface area (Å²) in [4.78, 5) is 7.89. The van der Waals surface area contributed by atoms with Crippen LogP contribution in [-0.4, -0.2) is 25.0 Å². The molecule has 2 aliphatic rings. The Morgan fingerprint density at radius 3 is 3.17 bits per heavy atom. The SMILES string of the molecule is NC1=NC(N)=C2C=NCNC2N1. The van der Waals surface area contributed by atoms with Crippen LogP contribution in [0.4, 0.5) is 0 Å². The summed E-state index contributed by atoms with van der Waals surface area (Å²) in [6.07, 6.45) is 1.67. The van der Waals surface area contributed by atoms with Gasteiger partial charge < -0.3 is 16.8 Å². The minimum Gasteiger partial charge on any atom is -0.383 e. The van der Waals surface area contributed by atoms with Crippen molar-refractivity contribution in [3.63, 3.8) is 0 Å². The average Bonchev–Trinajstić information content (AvgIpc) is 2.04. The first-order valence-corrected chi connectivity index (χ1v) is 3.61. The lowest BCUT2D eigenvalue weighted by atomic mass is 10.2. The molecule has 0 bridgehead atoms. The standard InChI is InChI=1S/C6H10N6/c7-4-3-1-9-2-10-5(3)12-6(8)11-4/h1,5,10H,2,7H2,(H3,8,11,12). The van der Waals surface area contributed by atoms with E-state index >= 15 is 0 Å². The van der Waals surface area contributed by atoms with Crippen LogP contribution in [0.2, 0.25) is 0 Å². The van der Waals surface area contributed by atoms with Crippen molar-refractivity contribution in [2.45, 2.75) is 6.17 Å². The molecule has 0 aromatic rings. The van der Waals surface area contributed by atoms with E-state index in [1.807, 2.05) is 0 Å². The molecule has 0 aromatic carbocycles. The fourth-order valence-corrected chi connectivity index (χ4v) is 1.19. The van der Waals surface area contributed by atoms with E-state index < -0.39 is 0 Å². The number of nitrogens with two attached hydrogens (primary N) is 2. The molecule has 6 N–H and O–H groups in total. The molecule has 6 heteroatoms. The van der Waals surface area contributed by atoms with Crippen LogP contribution in [0.25, 0.3) is 0 Å². The Balaban J connectivity index is 2.39. The molecule has 12 heavy (non-hydrogen) atoms. The molecule has 1 unspecified atom stereocenters. The summed E-state index contributed by atoms with van der Waals surface area (Å²) in [5.41, 5.74) is 11.9. The fourth-order valence-electron chi connectivity index (χ4n) is 1.19. The smallest absolute Gasteiger partial charge is 0.196 e. The van der Waals surface area contributed by atoms with Gasteiger partial charge in [0.05, 0.1) is 6.67 Å². The molecule has 0 saturated carbocycles. The van der Waals surface area contributed by atoms with Crippen LogP contribution in [0.15, 0.2) is 21.4 Å². The largest absolute Gasteiger partial charge is 0.383 e. The van der Waals surface area contributed by atoms with Gasteiger partial charge in [-0.3, -0.25) is 10.3 Å². The van der Waals surface area contributed by atoms with Crippen molar-refractivity contribution in [2.24, 2.45) is 21.5 Å². The van der Waals surface area contributed by atoms with Gasteiger partial charge in [-0.15, -0.1) is 0 Å². The van der Waals surface area contributed by atoms with Gasteiger partial charge in [0.2, 0.25) is 0 Å². The highest BCUT2D eigenvalue weighted by Gasteiger charge is 2.22. The molecule has 6 nitrogen and oxygen atoms in total. The van der Waals surface area contributed by atoms with Gasteiger partial charge in [-0.1, -0.05) is 0 Å². The highest BCUT2D eigenvalue weighted by Crippen LogP contribution is 2.09. The molecule has 2 heterocycles. The van der Waals surface area contributed by atoms with E-state index in [9.17, 15) is 0 Å². The van der Waals surface area contributed by atoms with Crippen molar-refractivity contribution in [2.75, 3.05) is 6.67 Å². The van der Waals surface area contributed by atoms with Gasteiger partial charge in [-0.2, -0.15) is 4.99 Å². The maximum atomic E-state index is 5.62. The normalized spacial score (nSPS) is 27.7. The molecule has 2 aliphatic heterocycles. The van der Waals surface area contributed by atoms with Crippen LogP contribution in [0.5, 0.6) is 0 Å². The van der Waals surface area contributed by atoms with Crippen molar-refractivity contribution >= 4 is 12.2 Å². The Morgan fingerprint density at radius 2 is 2.33 bits per heavy atom. The fraction of sp³-hybridized carbons (Fsp3) is 0.333. The predicted octanol–water partition coefficient (Wildman–Crippen LogP) is -1.97. The molecule has 0 amide bonds. The molecule has 0 radical (unpaired) electrons. The summed E-state index contributed by atoms with van der Waals surface area (Å²) in [7, 11) is 0. The van der Waals surface area contributed by atoms with Crippen molar-refractivity contribution < 1.29 is 0 Å². The minimum absolute atomic E-state index is 0.0417. The zero-order chi connectivity index (χ0) is 8.55. The first-order valence-electron chi connectivity index (χ1n) is 3.61. The van der Waals surface area contributed by atoms with Gasteiger partial charge in [0.15, 0.2) is 5.96 Å². The summed E-state index contributed by atoms with van der Waals surface area (Å²) in [5.74, 6) is 0.760. The van der Waals surface area contributed by atoms with Crippen LogP contribution < -0.4 is 22.1 Å². The quantitative estimate of drug-likeness (QED) is 0.335. The van der Waals surface area contributed by atoms with E-state index in [4.69, 9.17) is 11.5 Å². The molecule has 0 aromatic heterocycles. The molecule has 1 atom stereocenters. The van der Waals surface area contributed by atoms with E-state index in [1.165, 1.54) is 0 Å². The van der Waals surface area contributed by atoms with Crippen molar-refractivity contribution in [1.29, 1.82) is 0 Å². The van der Waals surface area contributed by atoms with Crippen LogP contribution in [0, 0.1) is 0 Å². The van der Waals surface area contributed by atoms with E-state index in [0.29, 0.717) is 18.4 Å². The highest BCUT2D eigenvalue weighted by molar-refractivity contribution is 5.88. The Labute approximate surface area is 69.4 Å². The second kappa shape index (κ2) is 2.49. The summed E-state index contributed by atoms with van der Waals surface area (Å²) >= 11 is 0. The van der Waals surface area contributed by atoms with Gasteiger partial charge >= 0.3 is 0 Å². The summed E-state index contributed by atoms with van der Waals surface area (Å²) in [6, 6.07) is 0. The summed E-state index contributed by atoms with van der Waals surface area (Å²) in [6.45, 7) is 0.571. The van der Waals surface area contributed by atoms with Gasteiger partial charge in [0.25, 0.3) is 0 Å². The van der Waals surface area contributed by atoms with Crippen molar-refractivity contribution in [1.82, 2.24) is 10.6 Å². The molecular formula is C6H10N6. The topological polar surface area (TPSA) is 101 Å². The highest BCUT2D eigenvalue weighted by atomic mass is 15.3. The zero-order valence-electron chi connectivity index (χ0n) is 6.41. The number of rotatable bonds is 0. The number of hydrogen-bond donors (Lipinski definition) is 4. The van der Waals surface area contributed by atoms with Crippen molar-refractivity contribution in [3.8, 4) is 0 Å². The van der Waals surface area contributed by atoms with E-state index in [0.717, 1.165) is 5.57 Å². The molecular weight excluding hydrogens is 156 g/mol. The molecule has 0 fully saturated rings. The van der Waals surface area contributed by atoms with Crippen LogP contribution in [0.1, 0.15) is 0 Å². The Hall–Kier alpha value is -1.56. The number of nitrogens with zero attached hydrogens (tertiary/aromatic N) is 2. The Morgan fingerprint density at radius 1 is 1.50 bits per heavy atom. The number of nitrogens with one attached hydrogen (secondary N) is 2. The zero-order valence-corrected chi connectivity index (χ0v) is 6.41. The molecule has 0 aliphatic carbocycles. The van der Waals surface area contributed by atoms with E-state index in [2.05, 4.69) is 20.6 Å². The number of hydrogen-bond acceptors (Lipinski definition) is 6. The first-order chi connectivity index (χ1) is 5.77. The van der Waals surface area contributed by atoms with Gasteiger partial charge in [-0.05, 0) is 0 Å². The lowest BCUT2D eigenvalue weighted by Gasteiger charge is -2.27. The third-order valence-corrected chi connectivity index (χ3v) is 1.76. The second-order valence-electron chi connectivity index (χ2n) is 2.59. The van der Waals surface area contributed by atoms with Crippen LogP contribution in [0.3, 0.4) is 0 Å². The van der Waals surface area contributed by atoms with Gasteiger partial charge in [-0.25, -0.2) is 0 Å². The summed E-state index contributed by atoms with van der Waals surface area (Å²) in [5, 5.41) is 6.01. The Bertz CT molecular complexity index is 288. The lowest BCUT2D eigenvalue weighted by Crippen LogP contribution is -2.54. The van der Waals surface area contributed by atoms with E-state index in [1.54, 1.807) is 6.21 Å². The lowest BCUT2D eigenvalue weighted by molar-refractivity contribution is 0.541. The van der Waals surface area contributed by atoms with Crippen LogP contribution in [-0.2, 0) is 0 Å².